The van der Waals surface area contributed by atoms with Gasteiger partial charge in [-0.05, 0) is 12.8 Å². The van der Waals surface area contributed by atoms with Gasteiger partial charge in [-0.3, -0.25) is 9.69 Å². The molecule has 1 rings (SSSR count). The first kappa shape index (κ1) is 13.2. The molecule has 7 heteroatoms. The normalized spacial score (nSPS) is 19.8. The van der Waals surface area contributed by atoms with E-state index in [9.17, 15) is 18.0 Å². The summed E-state index contributed by atoms with van der Waals surface area (Å²) in [5, 5.41) is 1.64. The molecule has 1 aliphatic heterocycles. The zero-order valence-electron chi connectivity index (χ0n) is 9.25. The Labute approximate surface area is 91.9 Å². The van der Waals surface area contributed by atoms with Gasteiger partial charge >= 0.3 is 6.30 Å². The zero-order chi connectivity index (χ0) is 12.3. The molecule has 0 aromatic carbocycles. The van der Waals surface area contributed by atoms with Gasteiger partial charge in [0.1, 0.15) is 0 Å². The van der Waals surface area contributed by atoms with Crippen LogP contribution in [0.25, 0.3) is 0 Å². The number of hydrogen-bond donors (Lipinski definition) is 0. The van der Waals surface area contributed by atoms with E-state index >= 15 is 0 Å². The van der Waals surface area contributed by atoms with Crippen molar-refractivity contribution in [2.75, 3.05) is 27.2 Å². The average Bonchev–Trinajstić information content (AvgIpc) is 2.26. The summed E-state index contributed by atoms with van der Waals surface area (Å²) in [6.45, 7) is 0.969. The van der Waals surface area contributed by atoms with Gasteiger partial charge in [-0.2, -0.15) is 5.06 Å². The van der Waals surface area contributed by atoms with E-state index in [0.29, 0.717) is 25.9 Å². The molecule has 0 aromatic rings. The molecule has 1 saturated heterocycles. The van der Waals surface area contributed by atoms with Crippen LogP contribution >= 0.6 is 0 Å². The topological polar surface area (TPSA) is 32.8 Å². The summed E-state index contributed by atoms with van der Waals surface area (Å²) in [4.78, 5) is 16.3. The van der Waals surface area contributed by atoms with Crippen molar-refractivity contribution >= 4 is 5.91 Å². The summed E-state index contributed by atoms with van der Waals surface area (Å²) in [5.41, 5.74) is 0. The minimum Gasteiger partial charge on any atom is -0.302 e. The van der Waals surface area contributed by atoms with Crippen LogP contribution in [0.5, 0.6) is 0 Å². The summed E-state index contributed by atoms with van der Waals surface area (Å²) in [5.74, 6) is -1.42. The highest BCUT2D eigenvalue weighted by Crippen LogP contribution is 2.25. The van der Waals surface area contributed by atoms with E-state index in [1.54, 1.807) is 5.06 Å². The Morgan fingerprint density at radius 3 is 2.25 bits per heavy atom. The highest BCUT2D eigenvalue weighted by atomic mass is 19.4. The molecular formula is C9H15F3N2O2. The zero-order valence-corrected chi connectivity index (χ0v) is 9.25. The highest BCUT2D eigenvalue weighted by molar-refractivity contribution is 5.79. The molecule has 0 N–H and O–H groups in total. The fourth-order valence-electron chi connectivity index (χ4n) is 1.68. The van der Waals surface area contributed by atoms with Gasteiger partial charge in [-0.15, -0.1) is 13.2 Å². The predicted molar refractivity (Wildman–Crippen MR) is 50.1 cm³/mol. The van der Waals surface area contributed by atoms with Crippen LogP contribution < -0.4 is 0 Å². The fraction of sp³-hybridized carbons (Fsp3) is 0.889. The van der Waals surface area contributed by atoms with E-state index in [2.05, 4.69) is 0 Å². The monoisotopic (exact) mass is 240 g/mol. The molecule has 0 spiro atoms. The van der Waals surface area contributed by atoms with E-state index in [1.165, 1.54) is 7.11 Å². The molecule has 0 unspecified atom stereocenters. The second-order valence-electron chi connectivity index (χ2n) is 3.75. The van der Waals surface area contributed by atoms with E-state index in [4.69, 9.17) is 4.84 Å². The van der Waals surface area contributed by atoms with E-state index < -0.39 is 18.1 Å². The highest BCUT2D eigenvalue weighted by Gasteiger charge is 2.41. The van der Waals surface area contributed by atoms with Crippen molar-refractivity contribution in [3.8, 4) is 0 Å². The Kier molecular flexibility index (Phi) is 4.15. The number of hydrogen-bond acceptors (Lipinski definition) is 3. The lowest BCUT2D eigenvalue weighted by Crippen LogP contribution is -2.46. The minimum absolute atomic E-state index is 0.139. The Morgan fingerprint density at radius 1 is 1.38 bits per heavy atom. The summed E-state index contributed by atoms with van der Waals surface area (Å²) in [6.07, 6.45) is -3.80. The number of hydroxylamine groups is 2. The van der Waals surface area contributed by atoms with Gasteiger partial charge in [0.2, 0.25) is 5.91 Å². The second-order valence-corrected chi connectivity index (χ2v) is 3.75. The maximum atomic E-state index is 12.3. The molecule has 0 saturated carbocycles. The summed E-state index contributed by atoms with van der Waals surface area (Å²) < 4.78 is 36.8. The maximum absolute atomic E-state index is 12.3. The van der Waals surface area contributed by atoms with Crippen LogP contribution in [0.1, 0.15) is 12.8 Å². The third-order valence-corrected chi connectivity index (χ3v) is 2.77. The molecule has 1 heterocycles. The van der Waals surface area contributed by atoms with Crippen LogP contribution in [0.2, 0.25) is 0 Å². The molecule has 1 fully saturated rings. The molecule has 16 heavy (non-hydrogen) atoms. The smallest absolute Gasteiger partial charge is 0.302 e. The number of piperidine rings is 1. The molecule has 0 atom stereocenters. The average molecular weight is 240 g/mol. The Morgan fingerprint density at radius 2 is 1.88 bits per heavy atom. The third-order valence-electron chi connectivity index (χ3n) is 2.77. The van der Waals surface area contributed by atoms with Gasteiger partial charge in [0.15, 0.2) is 0 Å². The number of rotatable bonds is 2. The molecular weight excluding hydrogens is 225 g/mol. The minimum atomic E-state index is -4.59. The number of halogens is 3. The van der Waals surface area contributed by atoms with Crippen molar-refractivity contribution in [2.45, 2.75) is 19.1 Å². The molecule has 0 aliphatic carbocycles. The third kappa shape index (κ3) is 3.08. The summed E-state index contributed by atoms with van der Waals surface area (Å²) in [7, 11) is 2.27. The standard InChI is InChI=1S/C9H15F3N2O2/c1-13(9(10,11)12)8(15)7-3-5-14(16-2)6-4-7/h7H,3-6H2,1-2H3. The molecule has 1 aliphatic rings. The molecule has 0 aromatic heterocycles. The molecule has 1 amide bonds. The molecule has 0 bridgehead atoms. The molecule has 0 radical (unpaired) electrons. The van der Waals surface area contributed by atoms with Crippen LogP contribution in [0.4, 0.5) is 13.2 Å². The Hall–Kier alpha value is -0.820. The summed E-state index contributed by atoms with van der Waals surface area (Å²) >= 11 is 0. The van der Waals surface area contributed by atoms with Gasteiger partial charge < -0.3 is 4.84 Å². The van der Waals surface area contributed by atoms with Gasteiger partial charge in [-0.25, -0.2) is 0 Å². The maximum Gasteiger partial charge on any atom is 0.486 e. The molecule has 94 valence electrons. The largest absolute Gasteiger partial charge is 0.486 e. The number of carbonyl (C=O) groups is 1. The van der Waals surface area contributed by atoms with Crippen molar-refractivity contribution in [3.05, 3.63) is 0 Å². The van der Waals surface area contributed by atoms with Gasteiger partial charge in [0.05, 0.1) is 7.11 Å². The lowest BCUT2D eigenvalue weighted by atomic mass is 9.96. The number of alkyl halides is 3. The van der Waals surface area contributed by atoms with Gasteiger partial charge in [-0.1, -0.05) is 0 Å². The quantitative estimate of drug-likeness (QED) is 0.681. The van der Waals surface area contributed by atoms with Crippen LogP contribution in [-0.4, -0.2) is 49.4 Å². The number of nitrogens with zero attached hydrogens (tertiary/aromatic N) is 2. The van der Waals surface area contributed by atoms with Crippen molar-refractivity contribution in [1.29, 1.82) is 0 Å². The number of amides is 1. The van der Waals surface area contributed by atoms with Crippen LogP contribution in [-0.2, 0) is 9.63 Å². The first-order valence-electron chi connectivity index (χ1n) is 4.99. The fourth-order valence-corrected chi connectivity index (χ4v) is 1.68. The number of carbonyl (C=O) groups excluding carboxylic acids is 1. The van der Waals surface area contributed by atoms with E-state index in [0.717, 1.165) is 7.05 Å². The van der Waals surface area contributed by atoms with Crippen LogP contribution in [0.15, 0.2) is 0 Å². The van der Waals surface area contributed by atoms with E-state index in [-0.39, 0.29) is 4.90 Å². The van der Waals surface area contributed by atoms with Gasteiger partial charge in [0, 0.05) is 26.1 Å². The lowest BCUT2D eigenvalue weighted by molar-refractivity contribution is -0.237. The lowest BCUT2D eigenvalue weighted by Gasteiger charge is -2.32. The predicted octanol–water partition coefficient (Wildman–Crippen LogP) is 1.24. The first-order valence-corrected chi connectivity index (χ1v) is 4.99. The van der Waals surface area contributed by atoms with Crippen LogP contribution in [0, 0.1) is 5.92 Å². The Bertz CT molecular complexity index is 250. The van der Waals surface area contributed by atoms with Crippen LogP contribution in [0.3, 0.4) is 0 Å². The first-order chi connectivity index (χ1) is 7.36. The SMILES string of the molecule is CON1CCC(C(=O)N(C)C(F)(F)F)CC1. The van der Waals surface area contributed by atoms with Crippen molar-refractivity contribution in [1.82, 2.24) is 9.96 Å². The van der Waals surface area contributed by atoms with Gasteiger partial charge in [0.25, 0.3) is 0 Å². The Balaban J connectivity index is 2.51. The van der Waals surface area contributed by atoms with Crippen molar-refractivity contribution < 1.29 is 22.8 Å². The van der Waals surface area contributed by atoms with Crippen molar-refractivity contribution in [3.63, 3.8) is 0 Å². The summed E-state index contributed by atoms with van der Waals surface area (Å²) in [6, 6.07) is 0. The second kappa shape index (κ2) is 5.01. The van der Waals surface area contributed by atoms with Crippen molar-refractivity contribution in [2.24, 2.45) is 5.92 Å². The van der Waals surface area contributed by atoms with E-state index in [1.807, 2.05) is 0 Å². The molecule has 4 nitrogen and oxygen atoms in total.